The molecule has 0 aliphatic rings. The number of nitrogens with zero attached hydrogens (tertiary/aromatic N) is 1. The number of rotatable bonds is 4. The van der Waals surface area contributed by atoms with Gasteiger partial charge in [-0.1, -0.05) is 12.1 Å². The Morgan fingerprint density at radius 3 is 2.50 bits per heavy atom. The van der Waals surface area contributed by atoms with Crippen molar-refractivity contribution < 1.29 is 8.78 Å². The van der Waals surface area contributed by atoms with Gasteiger partial charge >= 0.3 is 0 Å². The molecule has 0 heterocycles. The summed E-state index contributed by atoms with van der Waals surface area (Å²) in [5.74, 6) is -1.69. The largest absolute Gasteiger partial charge is 0.323 e. The first-order chi connectivity index (χ1) is 7.43. The van der Waals surface area contributed by atoms with Crippen molar-refractivity contribution in [1.82, 2.24) is 4.90 Å². The van der Waals surface area contributed by atoms with E-state index in [4.69, 9.17) is 5.73 Å². The topological polar surface area (TPSA) is 29.3 Å². The fourth-order valence-corrected chi connectivity index (χ4v) is 1.43. The molecule has 0 amide bonds. The second-order valence-corrected chi connectivity index (χ2v) is 4.28. The van der Waals surface area contributed by atoms with Gasteiger partial charge in [-0.25, -0.2) is 8.78 Å². The van der Waals surface area contributed by atoms with Crippen LogP contribution >= 0.6 is 0 Å². The van der Waals surface area contributed by atoms with Gasteiger partial charge in [0.2, 0.25) is 0 Å². The van der Waals surface area contributed by atoms with Gasteiger partial charge in [-0.15, -0.1) is 0 Å². The lowest BCUT2D eigenvalue weighted by Gasteiger charge is -2.25. The smallest absolute Gasteiger partial charge is 0.163 e. The lowest BCUT2D eigenvalue weighted by molar-refractivity contribution is 0.255. The maximum atomic E-state index is 13.4. The number of hydrogen-bond acceptors (Lipinski definition) is 2. The van der Waals surface area contributed by atoms with E-state index in [0.29, 0.717) is 12.6 Å². The van der Waals surface area contributed by atoms with Crippen LogP contribution in [0.15, 0.2) is 18.2 Å². The van der Waals surface area contributed by atoms with Crippen LogP contribution < -0.4 is 5.73 Å². The van der Waals surface area contributed by atoms with E-state index in [-0.39, 0.29) is 5.56 Å². The molecule has 4 heteroatoms. The van der Waals surface area contributed by atoms with Crippen LogP contribution in [0.5, 0.6) is 0 Å². The summed E-state index contributed by atoms with van der Waals surface area (Å²) in [6.07, 6.45) is 0. The zero-order chi connectivity index (χ0) is 12.3. The summed E-state index contributed by atoms with van der Waals surface area (Å²) in [5, 5.41) is 0. The van der Waals surface area contributed by atoms with Crippen molar-refractivity contribution in [3.8, 4) is 0 Å². The van der Waals surface area contributed by atoms with Crippen LogP contribution in [0, 0.1) is 11.6 Å². The van der Waals surface area contributed by atoms with Gasteiger partial charge in [0.05, 0.1) is 0 Å². The first kappa shape index (κ1) is 13.1. The summed E-state index contributed by atoms with van der Waals surface area (Å²) in [4.78, 5) is 2.00. The third-order valence-corrected chi connectivity index (χ3v) is 2.75. The van der Waals surface area contributed by atoms with Crippen molar-refractivity contribution in [2.45, 2.75) is 25.9 Å². The fourth-order valence-electron chi connectivity index (χ4n) is 1.43. The second-order valence-electron chi connectivity index (χ2n) is 4.28. The highest BCUT2D eigenvalue weighted by Gasteiger charge is 2.17. The van der Waals surface area contributed by atoms with Crippen molar-refractivity contribution in [3.63, 3.8) is 0 Å². The summed E-state index contributed by atoms with van der Waals surface area (Å²) in [5.41, 5.74) is 6.08. The van der Waals surface area contributed by atoms with Gasteiger partial charge in [-0.05, 0) is 27.0 Å². The molecule has 0 saturated heterocycles. The molecular formula is C12H18F2N2. The third kappa shape index (κ3) is 3.00. The zero-order valence-corrected chi connectivity index (χ0v) is 9.87. The lowest BCUT2D eigenvalue weighted by Crippen LogP contribution is -2.34. The molecule has 2 N–H and O–H groups in total. The Morgan fingerprint density at radius 1 is 1.31 bits per heavy atom. The van der Waals surface area contributed by atoms with E-state index < -0.39 is 17.7 Å². The summed E-state index contributed by atoms with van der Waals surface area (Å²) >= 11 is 0. The number of nitrogens with two attached hydrogens (primary N) is 1. The molecule has 1 unspecified atom stereocenters. The van der Waals surface area contributed by atoms with E-state index in [2.05, 4.69) is 0 Å². The summed E-state index contributed by atoms with van der Waals surface area (Å²) in [7, 11) is 1.90. The maximum absolute atomic E-state index is 13.4. The van der Waals surface area contributed by atoms with E-state index in [1.54, 1.807) is 0 Å². The molecular weight excluding hydrogens is 210 g/mol. The molecule has 2 nitrogen and oxygen atoms in total. The lowest BCUT2D eigenvalue weighted by atomic mass is 10.1. The highest BCUT2D eigenvalue weighted by atomic mass is 19.2. The molecule has 0 radical (unpaired) electrons. The Balaban J connectivity index is 2.80. The first-order valence-electron chi connectivity index (χ1n) is 5.33. The Bertz CT molecular complexity index is 353. The van der Waals surface area contributed by atoms with Gasteiger partial charge in [0, 0.05) is 24.2 Å². The van der Waals surface area contributed by atoms with Gasteiger partial charge in [-0.2, -0.15) is 0 Å². The third-order valence-electron chi connectivity index (χ3n) is 2.75. The van der Waals surface area contributed by atoms with E-state index in [9.17, 15) is 8.78 Å². The summed E-state index contributed by atoms with van der Waals surface area (Å²) < 4.78 is 26.4. The summed E-state index contributed by atoms with van der Waals surface area (Å²) in [6, 6.07) is 3.91. The van der Waals surface area contributed by atoms with Gasteiger partial charge in [0.15, 0.2) is 11.6 Å². The molecule has 0 aromatic heterocycles. The quantitative estimate of drug-likeness (QED) is 0.856. The van der Waals surface area contributed by atoms with Crippen molar-refractivity contribution in [2.24, 2.45) is 5.73 Å². The minimum Gasteiger partial charge on any atom is -0.323 e. The molecule has 90 valence electrons. The highest BCUT2D eigenvalue weighted by molar-refractivity contribution is 5.22. The molecule has 1 atom stereocenters. The van der Waals surface area contributed by atoms with Crippen molar-refractivity contribution in [1.29, 1.82) is 0 Å². The first-order valence-corrected chi connectivity index (χ1v) is 5.33. The monoisotopic (exact) mass is 228 g/mol. The van der Waals surface area contributed by atoms with Crippen LogP contribution in [0.4, 0.5) is 8.78 Å². The fraction of sp³-hybridized carbons (Fsp3) is 0.500. The Kier molecular flexibility index (Phi) is 4.38. The molecule has 16 heavy (non-hydrogen) atoms. The highest BCUT2D eigenvalue weighted by Crippen LogP contribution is 2.18. The number of hydrogen-bond donors (Lipinski definition) is 1. The standard InChI is InChI=1S/C12H18F2N2/c1-8(2)16(3)7-11(15)9-5-4-6-10(13)12(9)14/h4-6,8,11H,7,15H2,1-3H3. The van der Waals surface area contributed by atoms with Crippen LogP contribution in [0.2, 0.25) is 0 Å². The predicted octanol–water partition coefficient (Wildman–Crippen LogP) is 2.30. The number of benzene rings is 1. The molecule has 0 spiro atoms. The molecule has 1 aromatic carbocycles. The van der Waals surface area contributed by atoms with Gasteiger partial charge in [-0.3, -0.25) is 0 Å². The molecule has 0 aliphatic carbocycles. The minimum absolute atomic E-state index is 0.229. The molecule has 0 bridgehead atoms. The van der Waals surface area contributed by atoms with Crippen LogP contribution in [-0.4, -0.2) is 24.5 Å². The molecule has 1 rings (SSSR count). The number of likely N-dealkylation sites (N-methyl/N-ethyl adjacent to an activating group) is 1. The maximum Gasteiger partial charge on any atom is 0.163 e. The second kappa shape index (κ2) is 5.37. The predicted molar refractivity (Wildman–Crippen MR) is 61.1 cm³/mol. The van der Waals surface area contributed by atoms with Gasteiger partial charge < -0.3 is 10.6 Å². The van der Waals surface area contributed by atoms with E-state index in [0.717, 1.165) is 6.07 Å². The van der Waals surface area contributed by atoms with E-state index in [1.165, 1.54) is 12.1 Å². The van der Waals surface area contributed by atoms with Crippen LogP contribution in [-0.2, 0) is 0 Å². The molecule has 0 aliphatic heterocycles. The van der Waals surface area contributed by atoms with Crippen LogP contribution in [0.3, 0.4) is 0 Å². The Hall–Kier alpha value is -1.00. The average molecular weight is 228 g/mol. The average Bonchev–Trinajstić information content (AvgIpc) is 2.21. The van der Waals surface area contributed by atoms with Crippen molar-refractivity contribution in [2.75, 3.05) is 13.6 Å². The van der Waals surface area contributed by atoms with Crippen LogP contribution in [0.25, 0.3) is 0 Å². The molecule has 1 aromatic rings. The Morgan fingerprint density at radius 2 is 1.94 bits per heavy atom. The molecule has 0 saturated carbocycles. The van der Waals surface area contributed by atoms with Crippen molar-refractivity contribution >= 4 is 0 Å². The molecule has 0 fully saturated rings. The van der Waals surface area contributed by atoms with E-state index >= 15 is 0 Å². The normalized spacial score (nSPS) is 13.5. The van der Waals surface area contributed by atoms with Crippen molar-refractivity contribution in [3.05, 3.63) is 35.4 Å². The Labute approximate surface area is 95.1 Å². The SMILES string of the molecule is CC(C)N(C)CC(N)c1cccc(F)c1F. The van der Waals surface area contributed by atoms with Gasteiger partial charge in [0.1, 0.15) is 0 Å². The van der Waals surface area contributed by atoms with Crippen LogP contribution in [0.1, 0.15) is 25.5 Å². The van der Waals surface area contributed by atoms with E-state index in [1.807, 2.05) is 25.8 Å². The summed E-state index contributed by atoms with van der Waals surface area (Å²) in [6.45, 7) is 4.54. The minimum atomic E-state index is -0.847. The zero-order valence-electron chi connectivity index (χ0n) is 9.87. The van der Waals surface area contributed by atoms with Gasteiger partial charge in [0.25, 0.3) is 0 Å². The number of halogens is 2.